The Kier molecular flexibility index (Phi) is 6.03. The second-order valence-electron chi connectivity index (χ2n) is 2.92. The Morgan fingerprint density at radius 3 is 2.92 bits per heavy atom. The number of aliphatic hydroxyl groups is 1. The van der Waals surface area contributed by atoms with Crippen molar-refractivity contribution in [1.82, 2.24) is 5.32 Å². The van der Waals surface area contributed by atoms with E-state index in [-0.39, 0.29) is 24.3 Å². The molecule has 78 valence electrons. The van der Waals surface area contributed by atoms with Gasteiger partial charge in [0, 0.05) is 6.54 Å². The Labute approximate surface area is 84.1 Å². The van der Waals surface area contributed by atoms with Gasteiger partial charge < -0.3 is 15.2 Å². The average molecular weight is 210 g/mol. The standard InChI is InChI=1S/C8H15NO3.ClH/c1-2-12-8(11)6-5-9-4-3-7(6)10;/h6-7,9-10H,2-5H2,1H3;1H/t6-,7+;/m1./s1. The second kappa shape index (κ2) is 6.18. The molecule has 1 rings (SSSR count). The summed E-state index contributed by atoms with van der Waals surface area (Å²) in [5.41, 5.74) is 0. The van der Waals surface area contributed by atoms with Crippen LogP contribution in [0, 0.1) is 5.92 Å². The van der Waals surface area contributed by atoms with Crippen molar-refractivity contribution in [3.05, 3.63) is 0 Å². The van der Waals surface area contributed by atoms with Crippen LogP contribution in [0.2, 0.25) is 0 Å². The maximum Gasteiger partial charge on any atom is 0.312 e. The Morgan fingerprint density at radius 1 is 1.69 bits per heavy atom. The predicted octanol–water partition coefficient (Wildman–Crippen LogP) is -0.0583. The molecule has 1 heterocycles. The van der Waals surface area contributed by atoms with Gasteiger partial charge in [-0.05, 0) is 19.9 Å². The molecule has 1 aliphatic rings. The molecule has 4 nitrogen and oxygen atoms in total. The Balaban J connectivity index is 0.00000144. The van der Waals surface area contributed by atoms with Crippen LogP contribution in [0.3, 0.4) is 0 Å². The van der Waals surface area contributed by atoms with Gasteiger partial charge in [0.1, 0.15) is 0 Å². The van der Waals surface area contributed by atoms with Crippen molar-refractivity contribution in [2.45, 2.75) is 19.4 Å². The summed E-state index contributed by atoms with van der Waals surface area (Å²) < 4.78 is 4.81. The lowest BCUT2D eigenvalue weighted by Crippen LogP contribution is -2.44. The molecular formula is C8H16ClNO3. The number of aliphatic hydroxyl groups excluding tert-OH is 1. The monoisotopic (exact) mass is 209 g/mol. The van der Waals surface area contributed by atoms with Crippen LogP contribution in [0.15, 0.2) is 0 Å². The van der Waals surface area contributed by atoms with Crippen molar-refractivity contribution in [3.8, 4) is 0 Å². The smallest absolute Gasteiger partial charge is 0.312 e. The molecule has 2 N–H and O–H groups in total. The molecule has 0 aromatic carbocycles. The van der Waals surface area contributed by atoms with Crippen LogP contribution in [0.1, 0.15) is 13.3 Å². The first-order valence-electron chi connectivity index (χ1n) is 4.31. The summed E-state index contributed by atoms with van der Waals surface area (Å²) in [4.78, 5) is 11.2. The SMILES string of the molecule is CCOC(=O)[C@@H]1CNCC[C@@H]1O.Cl. The highest BCUT2D eigenvalue weighted by molar-refractivity contribution is 5.85. The number of hydrogen-bond donors (Lipinski definition) is 2. The molecule has 2 atom stereocenters. The van der Waals surface area contributed by atoms with Crippen LogP contribution in [0.4, 0.5) is 0 Å². The Morgan fingerprint density at radius 2 is 2.38 bits per heavy atom. The number of halogens is 1. The Bertz CT molecular complexity index is 165. The van der Waals surface area contributed by atoms with Crippen LogP contribution in [-0.2, 0) is 9.53 Å². The summed E-state index contributed by atoms with van der Waals surface area (Å²) in [6.07, 6.45) is 0.0917. The van der Waals surface area contributed by atoms with Crippen LogP contribution in [0.25, 0.3) is 0 Å². The summed E-state index contributed by atoms with van der Waals surface area (Å²) in [6, 6.07) is 0. The number of hydrogen-bond acceptors (Lipinski definition) is 4. The van der Waals surface area contributed by atoms with E-state index in [0.29, 0.717) is 19.6 Å². The zero-order valence-electron chi connectivity index (χ0n) is 7.66. The van der Waals surface area contributed by atoms with Crippen LogP contribution < -0.4 is 5.32 Å². The van der Waals surface area contributed by atoms with E-state index in [0.717, 1.165) is 6.54 Å². The largest absolute Gasteiger partial charge is 0.466 e. The minimum Gasteiger partial charge on any atom is -0.466 e. The first-order valence-corrected chi connectivity index (χ1v) is 4.31. The van der Waals surface area contributed by atoms with Gasteiger partial charge in [-0.1, -0.05) is 0 Å². The van der Waals surface area contributed by atoms with E-state index < -0.39 is 6.10 Å². The molecule has 0 aliphatic carbocycles. The maximum atomic E-state index is 11.2. The summed E-state index contributed by atoms with van der Waals surface area (Å²) >= 11 is 0. The molecule has 1 fully saturated rings. The van der Waals surface area contributed by atoms with Crippen molar-refractivity contribution >= 4 is 18.4 Å². The Hall–Kier alpha value is -0.320. The van der Waals surface area contributed by atoms with Crippen molar-refractivity contribution in [3.63, 3.8) is 0 Å². The average Bonchev–Trinajstić information content (AvgIpc) is 2.05. The first-order chi connectivity index (χ1) is 5.75. The number of rotatable bonds is 2. The van der Waals surface area contributed by atoms with E-state index in [1.54, 1.807) is 6.92 Å². The molecule has 5 heteroatoms. The van der Waals surface area contributed by atoms with Gasteiger partial charge >= 0.3 is 5.97 Å². The molecule has 0 aromatic rings. The van der Waals surface area contributed by atoms with Gasteiger partial charge in [-0.15, -0.1) is 12.4 Å². The molecule has 0 amide bonds. The molecule has 1 saturated heterocycles. The van der Waals surface area contributed by atoms with Gasteiger partial charge in [0.05, 0.1) is 18.6 Å². The third-order valence-corrected chi connectivity index (χ3v) is 2.03. The number of carbonyl (C=O) groups excluding carboxylic acids is 1. The molecule has 0 saturated carbocycles. The lowest BCUT2D eigenvalue weighted by Gasteiger charge is -2.26. The third kappa shape index (κ3) is 3.50. The van der Waals surface area contributed by atoms with E-state index in [2.05, 4.69) is 5.32 Å². The topological polar surface area (TPSA) is 58.6 Å². The van der Waals surface area contributed by atoms with Crippen molar-refractivity contribution < 1.29 is 14.6 Å². The summed E-state index contributed by atoms with van der Waals surface area (Å²) in [6.45, 7) is 3.44. The van der Waals surface area contributed by atoms with Crippen LogP contribution >= 0.6 is 12.4 Å². The molecule has 0 radical (unpaired) electrons. The van der Waals surface area contributed by atoms with E-state index in [1.165, 1.54) is 0 Å². The fourth-order valence-electron chi connectivity index (χ4n) is 1.33. The lowest BCUT2D eigenvalue weighted by atomic mass is 9.96. The van der Waals surface area contributed by atoms with Crippen molar-refractivity contribution in [2.75, 3.05) is 19.7 Å². The third-order valence-electron chi connectivity index (χ3n) is 2.03. The molecule has 0 aromatic heterocycles. The molecule has 1 aliphatic heterocycles. The molecule has 13 heavy (non-hydrogen) atoms. The van der Waals surface area contributed by atoms with Crippen LogP contribution in [-0.4, -0.2) is 36.9 Å². The predicted molar refractivity (Wildman–Crippen MR) is 50.9 cm³/mol. The van der Waals surface area contributed by atoms with Crippen molar-refractivity contribution in [1.29, 1.82) is 0 Å². The zero-order chi connectivity index (χ0) is 8.97. The maximum absolute atomic E-state index is 11.2. The van der Waals surface area contributed by atoms with Crippen molar-refractivity contribution in [2.24, 2.45) is 5.92 Å². The van der Waals surface area contributed by atoms with Crippen LogP contribution in [0.5, 0.6) is 0 Å². The zero-order valence-corrected chi connectivity index (χ0v) is 8.47. The highest BCUT2D eigenvalue weighted by atomic mass is 35.5. The number of esters is 1. The minimum atomic E-state index is -0.537. The highest BCUT2D eigenvalue weighted by Gasteiger charge is 2.30. The van der Waals surface area contributed by atoms with Gasteiger partial charge in [-0.2, -0.15) is 0 Å². The minimum absolute atomic E-state index is 0. The molecular weight excluding hydrogens is 194 g/mol. The summed E-state index contributed by atoms with van der Waals surface area (Å²) in [5.74, 6) is -0.670. The van der Waals surface area contributed by atoms with E-state index in [1.807, 2.05) is 0 Å². The highest BCUT2D eigenvalue weighted by Crippen LogP contribution is 2.12. The number of ether oxygens (including phenoxy) is 1. The summed E-state index contributed by atoms with van der Waals surface area (Å²) in [5, 5.41) is 12.5. The van der Waals surface area contributed by atoms with Gasteiger partial charge in [0.25, 0.3) is 0 Å². The van der Waals surface area contributed by atoms with Gasteiger partial charge in [-0.3, -0.25) is 4.79 Å². The second-order valence-corrected chi connectivity index (χ2v) is 2.92. The number of carbonyl (C=O) groups is 1. The molecule has 0 spiro atoms. The van der Waals surface area contributed by atoms with Gasteiger partial charge in [0.15, 0.2) is 0 Å². The van der Waals surface area contributed by atoms with E-state index >= 15 is 0 Å². The fraction of sp³-hybridized carbons (Fsp3) is 0.875. The lowest BCUT2D eigenvalue weighted by molar-refractivity contribution is -0.152. The van der Waals surface area contributed by atoms with E-state index in [4.69, 9.17) is 4.74 Å². The van der Waals surface area contributed by atoms with E-state index in [9.17, 15) is 9.90 Å². The molecule has 0 unspecified atom stereocenters. The van der Waals surface area contributed by atoms with Gasteiger partial charge in [0.2, 0.25) is 0 Å². The number of piperidine rings is 1. The normalized spacial score (nSPS) is 27.5. The first kappa shape index (κ1) is 12.7. The fourth-order valence-corrected chi connectivity index (χ4v) is 1.33. The van der Waals surface area contributed by atoms with Gasteiger partial charge in [-0.25, -0.2) is 0 Å². The quantitative estimate of drug-likeness (QED) is 0.626. The number of nitrogens with one attached hydrogen (secondary N) is 1. The molecule has 0 bridgehead atoms. The summed E-state index contributed by atoms with van der Waals surface area (Å²) in [7, 11) is 0.